The van der Waals surface area contributed by atoms with Gasteiger partial charge in [-0.05, 0) is 49.4 Å². The summed E-state index contributed by atoms with van der Waals surface area (Å²) < 4.78 is 0. The molecular formula is C25H45. The maximum Gasteiger partial charge on any atom is 0.0328 e. The van der Waals surface area contributed by atoms with Crippen LogP contribution in [0.4, 0.5) is 0 Å². The molecule has 0 nitrogen and oxygen atoms in total. The molecule has 0 aromatic rings. The van der Waals surface area contributed by atoms with Crippen LogP contribution in [0.25, 0.3) is 0 Å². The van der Waals surface area contributed by atoms with Gasteiger partial charge in [-0.2, -0.15) is 0 Å². The van der Waals surface area contributed by atoms with Gasteiger partial charge in [0.15, 0.2) is 0 Å². The Hall–Kier alpha value is -0.520. The Balaban J connectivity index is 4.16. The maximum atomic E-state index is 2.39. The molecule has 25 heavy (non-hydrogen) atoms. The third-order valence-electron chi connectivity index (χ3n) is 5.00. The maximum absolute atomic E-state index is 2.39. The minimum absolute atomic E-state index is 0.134. The second-order valence-electron chi connectivity index (χ2n) is 13.1. The zero-order valence-corrected chi connectivity index (χ0v) is 20.0. The fourth-order valence-electron chi connectivity index (χ4n) is 4.38. The van der Waals surface area contributed by atoms with E-state index in [9.17, 15) is 0 Å². The molecule has 0 spiro atoms. The van der Waals surface area contributed by atoms with E-state index in [1.54, 1.807) is 28.2 Å². The lowest BCUT2D eigenvalue weighted by molar-refractivity contribution is 0.366. The van der Waals surface area contributed by atoms with Gasteiger partial charge in [-0.15, -0.1) is 0 Å². The lowest BCUT2D eigenvalue weighted by Crippen LogP contribution is -2.31. The predicted octanol–water partition coefficient (Wildman–Crippen LogP) is 8.40. The fraction of sp³-hybridized carbons (Fsp3) is 0.800. The van der Waals surface area contributed by atoms with Crippen LogP contribution in [-0.2, 0) is 0 Å². The first kappa shape index (κ1) is 22.5. The third-order valence-corrected chi connectivity index (χ3v) is 5.00. The van der Waals surface area contributed by atoms with E-state index in [0.29, 0.717) is 0 Å². The zero-order chi connectivity index (χ0) is 20.4. The summed E-state index contributed by atoms with van der Waals surface area (Å²) in [6.07, 6.45) is 0. The molecule has 1 aliphatic rings. The first-order chi connectivity index (χ1) is 10.6. The summed E-state index contributed by atoms with van der Waals surface area (Å²) >= 11 is 0. The SMILES string of the molecule is CC(C)(C)[C]1C(C(C)(C)C)=C(C(C)(C)C)C(C(C)(C)C)=C1C(C)(C)C. The van der Waals surface area contributed by atoms with Gasteiger partial charge in [0.25, 0.3) is 0 Å². The largest absolute Gasteiger partial charge is 0.0590 e. The molecule has 0 aliphatic heterocycles. The second-order valence-corrected chi connectivity index (χ2v) is 13.1. The molecule has 0 saturated carbocycles. The molecule has 0 amide bonds. The topological polar surface area (TPSA) is 0 Å². The van der Waals surface area contributed by atoms with Crippen molar-refractivity contribution >= 4 is 0 Å². The van der Waals surface area contributed by atoms with Crippen LogP contribution in [0.15, 0.2) is 22.3 Å². The second kappa shape index (κ2) is 6.00. The van der Waals surface area contributed by atoms with Crippen LogP contribution in [0.3, 0.4) is 0 Å². The standard InChI is InChI=1S/C25H45/c1-21(2,3)16-17(22(4,5)6)19(24(10,11)12)20(25(13,14)15)18(16)23(7,8)9/h1-15H3. The first-order valence-electron chi connectivity index (χ1n) is 10.0. The number of allylic oxidation sites excluding steroid dienone is 4. The molecule has 0 unspecified atom stereocenters. The van der Waals surface area contributed by atoms with E-state index in [0.717, 1.165) is 0 Å². The molecule has 0 aromatic carbocycles. The lowest BCUT2D eigenvalue weighted by Gasteiger charge is -2.42. The molecule has 0 bridgehead atoms. The molecule has 0 aromatic heterocycles. The van der Waals surface area contributed by atoms with Crippen molar-refractivity contribution in [1.82, 2.24) is 0 Å². The van der Waals surface area contributed by atoms with Crippen molar-refractivity contribution in [3.63, 3.8) is 0 Å². The highest BCUT2D eigenvalue weighted by atomic mass is 14.5. The van der Waals surface area contributed by atoms with Gasteiger partial charge in [0, 0.05) is 5.92 Å². The Morgan fingerprint density at radius 2 is 0.480 bits per heavy atom. The summed E-state index contributed by atoms with van der Waals surface area (Å²) in [5.41, 5.74) is 7.07. The van der Waals surface area contributed by atoms with E-state index in [2.05, 4.69) is 104 Å². The van der Waals surface area contributed by atoms with Crippen LogP contribution in [0, 0.1) is 33.0 Å². The van der Waals surface area contributed by atoms with Crippen molar-refractivity contribution in [1.29, 1.82) is 0 Å². The van der Waals surface area contributed by atoms with Gasteiger partial charge < -0.3 is 0 Å². The molecular weight excluding hydrogens is 300 g/mol. The zero-order valence-electron chi connectivity index (χ0n) is 20.0. The van der Waals surface area contributed by atoms with Gasteiger partial charge >= 0.3 is 0 Å². The van der Waals surface area contributed by atoms with Gasteiger partial charge in [-0.25, -0.2) is 0 Å². The summed E-state index contributed by atoms with van der Waals surface area (Å²) in [7, 11) is 0. The van der Waals surface area contributed by atoms with Crippen LogP contribution in [0.2, 0.25) is 0 Å². The highest BCUT2D eigenvalue weighted by Crippen LogP contribution is 2.64. The average Bonchev–Trinajstić information content (AvgIpc) is 2.61. The van der Waals surface area contributed by atoms with Crippen LogP contribution < -0.4 is 0 Å². The van der Waals surface area contributed by atoms with Crippen LogP contribution >= 0.6 is 0 Å². The van der Waals surface area contributed by atoms with E-state index in [4.69, 9.17) is 0 Å². The molecule has 0 heterocycles. The minimum Gasteiger partial charge on any atom is -0.0590 e. The van der Waals surface area contributed by atoms with Gasteiger partial charge in [0.05, 0.1) is 0 Å². The van der Waals surface area contributed by atoms with Gasteiger partial charge in [0.1, 0.15) is 0 Å². The molecule has 0 atom stereocenters. The Bertz CT molecular complexity index is 524. The van der Waals surface area contributed by atoms with Crippen molar-refractivity contribution in [2.75, 3.05) is 0 Å². The van der Waals surface area contributed by atoms with Gasteiger partial charge in [-0.3, -0.25) is 0 Å². The van der Waals surface area contributed by atoms with E-state index in [-0.39, 0.29) is 27.1 Å². The monoisotopic (exact) mass is 345 g/mol. The lowest BCUT2D eigenvalue weighted by atomic mass is 9.62. The summed E-state index contributed by atoms with van der Waals surface area (Å²) in [5.74, 6) is 1.60. The molecule has 0 heteroatoms. The molecule has 0 saturated heterocycles. The van der Waals surface area contributed by atoms with E-state index < -0.39 is 0 Å². The van der Waals surface area contributed by atoms with Crippen LogP contribution in [0.1, 0.15) is 104 Å². The predicted molar refractivity (Wildman–Crippen MR) is 115 cm³/mol. The molecule has 0 fully saturated rings. The molecule has 1 aliphatic carbocycles. The highest BCUT2D eigenvalue weighted by Gasteiger charge is 2.51. The molecule has 145 valence electrons. The van der Waals surface area contributed by atoms with Gasteiger partial charge in [0.2, 0.25) is 0 Å². The molecule has 1 radical (unpaired) electrons. The first-order valence-corrected chi connectivity index (χ1v) is 10.0. The summed E-state index contributed by atoms with van der Waals surface area (Å²) in [4.78, 5) is 0. The Labute approximate surface area is 159 Å². The van der Waals surface area contributed by atoms with Crippen molar-refractivity contribution in [3.05, 3.63) is 28.2 Å². The van der Waals surface area contributed by atoms with Crippen molar-refractivity contribution in [3.8, 4) is 0 Å². The molecule has 0 N–H and O–H groups in total. The Morgan fingerprint density at radius 3 is 0.600 bits per heavy atom. The summed E-state index contributed by atoms with van der Waals surface area (Å²) in [6.45, 7) is 35.9. The Kier molecular flexibility index (Phi) is 5.40. The smallest absolute Gasteiger partial charge is 0.0328 e. The Morgan fingerprint density at radius 1 is 0.280 bits per heavy atom. The fourth-order valence-corrected chi connectivity index (χ4v) is 4.38. The summed E-state index contributed by atoms with van der Waals surface area (Å²) in [5, 5.41) is 0. The normalized spacial score (nSPS) is 19.3. The van der Waals surface area contributed by atoms with E-state index >= 15 is 0 Å². The van der Waals surface area contributed by atoms with Crippen molar-refractivity contribution in [2.45, 2.75) is 104 Å². The average molecular weight is 346 g/mol. The van der Waals surface area contributed by atoms with Crippen LogP contribution in [-0.4, -0.2) is 0 Å². The highest BCUT2D eigenvalue weighted by molar-refractivity contribution is 5.67. The van der Waals surface area contributed by atoms with E-state index in [1.807, 2.05) is 0 Å². The van der Waals surface area contributed by atoms with E-state index in [1.165, 1.54) is 0 Å². The van der Waals surface area contributed by atoms with Crippen molar-refractivity contribution in [2.24, 2.45) is 27.1 Å². The quantitative estimate of drug-likeness (QED) is 0.413. The minimum atomic E-state index is 0.134. The summed E-state index contributed by atoms with van der Waals surface area (Å²) in [6, 6.07) is 0. The van der Waals surface area contributed by atoms with Crippen molar-refractivity contribution < 1.29 is 0 Å². The third kappa shape index (κ3) is 4.42. The number of hydrogen-bond donors (Lipinski definition) is 0. The number of rotatable bonds is 0. The molecule has 1 rings (SSSR count). The van der Waals surface area contributed by atoms with Gasteiger partial charge in [-0.1, -0.05) is 104 Å². The number of hydrogen-bond acceptors (Lipinski definition) is 0. The van der Waals surface area contributed by atoms with Crippen LogP contribution in [0.5, 0.6) is 0 Å².